The number of benzene rings is 1. The number of fused-ring (bicyclic) bond motifs is 1. The van der Waals surface area contributed by atoms with E-state index in [2.05, 4.69) is 5.32 Å². The summed E-state index contributed by atoms with van der Waals surface area (Å²) in [5.41, 5.74) is 0.232. The van der Waals surface area contributed by atoms with Gasteiger partial charge in [0, 0.05) is 0 Å². The molecule has 1 aromatic carbocycles. The highest BCUT2D eigenvalue weighted by atomic mass is 16.5. The number of carboxylic acids is 1. The lowest BCUT2D eigenvalue weighted by Crippen LogP contribution is -2.50. The minimum absolute atomic E-state index is 0.390. The number of hydrogen-bond donors (Lipinski definition) is 2. The first-order chi connectivity index (χ1) is 8.64. The van der Waals surface area contributed by atoms with Crippen molar-refractivity contribution in [3.8, 4) is 5.75 Å². The third-order valence-corrected chi connectivity index (χ3v) is 3.45. The Balaban J connectivity index is 2.59. The predicted molar refractivity (Wildman–Crippen MR) is 64.4 cm³/mol. The smallest absolute Gasteiger partial charge is 0.334 e. The minimum Gasteiger partial charge on any atom is -0.497 e. The van der Waals surface area contributed by atoms with Crippen LogP contribution in [-0.4, -0.2) is 24.6 Å². The topological polar surface area (TPSA) is 75.6 Å². The third-order valence-electron chi connectivity index (χ3n) is 3.45. The molecule has 0 spiro atoms. The molecule has 0 saturated carbocycles. The molecule has 1 aliphatic rings. The molecule has 0 bridgehead atoms. The number of carboxylic acid groups (broad SMARTS) is 1. The quantitative estimate of drug-likeness (QED) is 0.782. The molecular weight excluding hydrogens is 234 g/mol. The Morgan fingerprint density at radius 3 is 2.94 bits per heavy atom. The molecule has 5 heteroatoms. The van der Waals surface area contributed by atoms with E-state index in [4.69, 9.17) is 4.74 Å². The van der Waals surface area contributed by atoms with Gasteiger partial charge in [0.1, 0.15) is 5.75 Å². The van der Waals surface area contributed by atoms with Crippen molar-refractivity contribution < 1.29 is 19.4 Å². The summed E-state index contributed by atoms with van der Waals surface area (Å²) >= 11 is 0. The van der Waals surface area contributed by atoms with Crippen molar-refractivity contribution >= 4 is 12.4 Å². The number of aliphatic carboxylic acids is 1. The molecule has 0 saturated heterocycles. The van der Waals surface area contributed by atoms with Crippen molar-refractivity contribution in [1.82, 2.24) is 5.32 Å². The van der Waals surface area contributed by atoms with Crippen LogP contribution in [0.3, 0.4) is 0 Å². The molecule has 18 heavy (non-hydrogen) atoms. The van der Waals surface area contributed by atoms with E-state index >= 15 is 0 Å². The molecule has 2 rings (SSSR count). The van der Waals surface area contributed by atoms with Gasteiger partial charge in [0.05, 0.1) is 7.11 Å². The standard InChI is InChI=1S/C13H15NO4/c1-18-10-5-4-9-3-2-6-13(12(16)17,14-8-15)11(9)7-10/h4-5,7-8H,2-3,6H2,1H3,(H,14,15)(H,16,17). The lowest BCUT2D eigenvalue weighted by atomic mass is 9.76. The number of ether oxygens (including phenoxy) is 1. The van der Waals surface area contributed by atoms with Crippen LogP contribution in [0.4, 0.5) is 0 Å². The van der Waals surface area contributed by atoms with Gasteiger partial charge in [0.15, 0.2) is 5.54 Å². The highest BCUT2D eigenvalue weighted by Gasteiger charge is 2.43. The Bertz CT molecular complexity index is 486. The fourth-order valence-electron chi connectivity index (χ4n) is 2.51. The molecule has 1 unspecified atom stereocenters. The fraction of sp³-hybridized carbons (Fsp3) is 0.385. The van der Waals surface area contributed by atoms with Crippen LogP contribution in [0.5, 0.6) is 5.75 Å². The summed E-state index contributed by atoms with van der Waals surface area (Å²) < 4.78 is 5.12. The van der Waals surface area contributed by atoms with Gasteiger partial charge in [-0.2, -0.15) is 0 Å². The van der Waals surface area contributed by atoms with Gasteiger partial charge in [-0.15, -0.1) is 0 Å². The normalized spacial score (nSPS) is 21.8. The molecule has 0 fully saturated rings. The minimum atomic E-state index is -1.33. The van der Waals surface area contributed by atoms with Crippen LogP contribution in [0.25, 0.3) is 0 Å². The van der Waals surface area contributed by atoms with Crippen molar-refractivity contribution in [3.63, 3.8) is 0 Å². The number of rotatable bonds is 4. The average molecular weight is 249 g/mol. The van der Waals surface area contributed by atoms with E-state index in [1.807, 2.05) is 6.07 Å². The molecule has 0 aliphatic heterocycles. The number of hydrogen-bond acceptors (Lipinski definition) is 3. The summed E-state index contributed by atoms with van der Waals surface area (Å²) in [6.07, 6.45) is 2.38. The number of amides is 1. The van der Waals surface area contributed by atoms with Gasteiger partial charge in [-0.3, -0.25) is 4.79 Å². The summed E-state index contributed by atoms with van der Waals surface area (Å²) in [6, 6.07) is 5.36. The number of nitrogens with one attached hydrogen (secondary N) is 1. The molecule has 1 aromatic rings. The second kappa shape index (κ2) is 4.68. The van der Waals surface area contributed by atoms with Crippen LogP contribution >= 0.6 is 0 Å². The first-order valence-electron chi connectivity index (χ1n) is 5.76. The highest BCUT2D eigenvalue weighted by Crippen LogP contribution is 2.37. The monoisotopic (exact) mass is 249 g/mol. The maximum atomic E-state index is 11.6. The van der Waals surface area contributed by atoms with Gasteiger partial charge in [0.2, 0.25) is 6.41 Å². The van der Waals surface area contributed by atoms with Crippen molar-refractivity contribution in [2.75, 3.05) is 7.11 Å². The van der Waals surface area contributed by atoms with E-state index in [0.29, 0.717) is 24.1 Å². The maximum absolute atomic E-state index is 11.6. The number of carbonyl (C=O) groups is 2. The van der Waals surface area contributed by atoms with Crippen molar-refractivity contribution in [2.24, 2.45) is 0 Å². The molecule has 1 aliphatic carbocycles. The number of carbonyl (C=O) groups excluding carboxylic acids is 1. The van der Waals surface area contributed by atoms with E-state index in [1.54, 1.807) is 12.1 Å². The lowest BCUT2D eigenvalue weighted by Gasteiger charge is -2.35. The number of aryl methyl sites for hydroxylation is 1. The average Bonchev–Trinajstić information content (AvgIpc) is 2.38. The van der Waals surface area contributed by atoms with Crippen LogP contribution < -0.4 is 10.1 Å². The van der Waals surface area contributed by atoms with Gasteiger partial charge in [-0.05, 0) is 42.5 Å². The summed E-state index contributed by atoms with van der Waals surface area (Å²) in [5, 5.41) is 11.9. The van der Waals surface area contributed by atoms with Crippen LogP contribution in [0.15, 0.2) is 18.2 Å². The lowest BCUT2D eigenvalue weighted by molar-refractivity contribution is -0.147. The van der Waals surface area contributed by atoms with Crippen LogP contribution in [0.1, 0.15) is 24.0 Å². The summed E-state index contributed by atoms with van der Waals surface area (Å²) in [4.78, 5) is 22.3. The zero-order chi connectivity index (χ0) is 13.2. The second-order valence-corrected chi connectivity index (χ2v) is 4.35. The largest absolute Gasteiger partial charge is 0.497 e. The Kier molecular flexibility index (Phi) is 3.23. The van der Waals surface area contributed by atoms with E-state index in [0.717, 1.165) is 18.4 Å². The zero-order valence-electron chi connectivity index (χ0n) is 10.1. The fourth-order valence-corrected chi connectivity index (χ4v) is 2.51. The zero-order valence-corrected chi connectivity index (χ0v) is 10.1. The van der Waals surface area contributed by atoms with Gasteiger partial charge >= 0.3 is 5.97 Å². The molecule has 2 N–H and O–H groups in total. The first-order valence-corrected chi connectivity index (χ1v) is 5.76. The summed E-state index contributed by atoms with van der Waals surface area (Å²) in [7, 11) is 1.53. The van der Waals surface area contributed by atoms with Gasteiger partial charge < -0.3 is 15.2 Å². The van der Waals surface area contributed by atoms with E-state index in [-0.39, 0.29) is 0 Å². The van der Waals surface area contributed by atoms with Crippen LogP contribution in [0, 0.1) is 0 Å². The molecule has 96 valence electrons. The van der Waals surface area contributed by atoms with Crippen LogP contribution in [0.2, 0.25) is 0 Å². The summed E-state index contributed by atoms with van der Waals surface area (Å²) in [6.45, 7) is 0. The Morgan fingerprint density at radius 1 is 1.56 bits per heavy atom. The molecule has 1 atom stereocenters. The van der Waals surface area contributed by atoms with Crippen molar-refractivity contribution in [2.45, 2.75) is 24.8 Å². The SMILES string of the molecule is COc1ccc2c(c1)C(NC=O)(C(=O)O)CCC2. The molecular formula is C13H15NO4. The molecule has 0 heterocycles. The highest BCUT2D eigenvalue weighted by molar-refractivity contribution is 5.84. The maximum Gasteiger partial charge on any atom is 0.334 e. The third kappa shape index (κ3) is 1.81. The predicted octanol–water partition coefficient (Wildman–Crippen LogP) is 1.06. The number of methoxy groups -OCH3 is 1. The molecule has 0 radical (unpaired) electrons. The first kappa shape index (κ1) is 12.4. The van der Waals surface area contributed by atoms with E-state index < -0.39 is 11.5 Å². The Morgan fingerprint density at radius 2 is 2.33 bits per heavy atom. The second-order valence-electron chi connectivity index (χ2n) is 4.35. The Labute approximate surface area is 105 Å². The van der Waals surface area contributed by atoms with E-state index in [1.165, 1.54) is 7.11 Å². The Hall–Kier alpha value is -2.04. The molecule has 5 nitrogen and oxygen atoms in total. The van der Waals surface area contributed by atoms with Crippen LogP contribution in [-0.2, 0) is 21.5 Å². The van der Waals surface area contributed by atoms with Gasteiger partial charge in [0.25, 0.3) is 0 Å². The summed E-state index contributed by atoms with van der Waals surface area (Å²) in [5.74, 6) is -0.447. The molecule has 1 amide bonds. The van der Waals surface area contributed by atoms with Gasteiger partial charge in [-0.25, -0.2) is 4.79 Å². The van der Waals surface area contributed by atoms with Gasteiger partial charge in [-0.1, -0.05) is 6.07 Å². The van der Waals surface area contributed by atoms with Crippen molar-refractivity contribution in [3.05, 3.63) is 29.3 Å². The molecule has 0 aromatic heterocycles. The van der Waals surface area contributed by atoms with Crippen molar-refractivity contribution in [1.29, 1.82) is 0 Å². The van der Waals surface area contributed by atoms with E-state index in [9.17, 15) is 14.7 Å².